The van der Waals surface area contributed by atoms with Gasteiger partial charge >= 0.3 is 0 Å². The topological polar surface area (TPSA) is 42.2 Å². The van der Waals surface area contributed by atoms with E-state index in [2.05, 4.69) is 27.9 Å². The maximum atomic E-state index is 11.7. The van der Waals surface area contributed by atoms with Crippen LogP contribution in [0.4, 0.5) is 5.69 Å². The SMILES string of the molecule is Cc1cc(C(=O)Nc2ccc(I)cc2)co1. The molecule has 1 N–H and O–H groups in total. The maximum Gasteiger partial charge on any atom is 0.258 e. The zero-order valence-corrected chi connectivity index (χ0v) is 10.8. The Morgan fingerprint density at radius 1 is 1.31 bits per heavy atom. The minimum atomic E-state index is -0.155. The molecule has 3 nitrogen and oxygen atoms in total. The monoisotopic (exact) mass is 327 g/mol. The molecule has 0 saturated heterocycles. The van der Waals surface area contributed by atoms with Gasteiger partial charge in [-0.25, -0.2) is 0 Å². The molecule has 4 heteroatoms. The van der Waals surface area contributed by atoms with Crippen molar-refractivity contribution in [2.75, 3.05) is 5.32 Å². The van der Waals surface area contributed by atoms with E-state index in [0.717, 1.165) is 15.0 Å². The van der Waals surface area contributed by atoms with Crippen molar-refractivity contribution in [2.24, 2.45) is 0 Å². The summed E-state index contributed by atoms with van der Waals surface area (Å²) in [5.74, 6) is 0.575. The fourth-order valence-corrected chi connectivity index (χ4v) is 1.66. The van der Waals surface area contributed by atoms with Crippen LogP contribution in [0.15, 0.2) is 41.0 Å². The molecule has 1 amide bonds. The Morgan fingerprint density at radius 3 is 2.56 bits per heavy atom. The molecule has 0 radical (unpaired) electrons. The van der Waals surface area contributed by atoms with Crippen LogP contribution in [0, 0.1) is 10.5 Å². The average Bonchev–Trinajstić information content (AvgIpc) is 2.68. The van der Waals surface area contributed by atoms with Gasteiger partial charge in [0.05, 0.1) is 5.56 Å². The lowest BCUT2D eigenvalue weighted by Crippen LogP contribution is -2.10. The smallest absolute Gasteiger partial charge is 0.258 e. The van der Waals surface area contributed by atoms with Crippen LogP contribution in [0.5, 0.6) is 0 Å². The molecule has 0 spiro atoms. The van der Waals surface area contributed by atoms with Gasteiger partial charge in [0.1, 0.15) is 12.0 Å². The summed E-state index contributed by atoms with van der Waals surface area (Å²) in [6.45, 7) is 1.81. The van der Waals surface area contributed by atoms with Crippen molar-refractivity contribution in [3.05, 3.63) is 51.5 Å². The number of benzene rings is 1. The van der Waals surface area contributed by atoms with Crippen LogP contribution in [0.3, 0.4) is 0 Å². The number of furan rings is 1. The number of nitrogens with one attached hydrogen (secondary N) is 1. The first-order valence-corrected chi connectivity index (χ1v) is 5.85. The van der Waals surface area contributed by atoms with Gasteiger partial charge in [-0.3, -0.25) is 4.79 Å². The number of hydrogen-bond acceptors (Lipinski definition) is 2. The van der Waals surface area contributed by atoms with E-state index in [1.165, 1.54) is 6.26 Å². The number of carbonyl (C=O) groups excluding carboxylic acids is 1. The summed E-state index contributed by atoms with van der Waals surface area (Å²) in [4.78, 5) is 11.7. The molecule has 2 rings (SSSR count). The van der Waals surface area contributed by atoms with Gasteiger partial charge in [-0.2, -0.15) is 0 Å². The second-order valence-corrected chi connectivity index (χ2v) is 4.65. The first-order chi connectivity index (χ1) is 7.65. The van der Waals surface area contributed by atoms with Gasteiger partial charge in [0.2, 0.25) is 0 Å². The molecule has 1 heterocycles. The summed E-state index contributed by atoms with van der Waals surface area (Å²) in [5.41, 5.74) is 1.32. The van der Waals surface area contributed by atoms with E-state index in [9.17, 15) is 4.79 Å². The van der Waals surface area contributed by atoms with E-state index < -0.39 is 0 Å². The van der Waals surface area contributed by atoms with E-state index in [0.29, 0.717) is 5.56 Å². The van der Waals surface area contributed by atoms with Crippen LogP contribution in [-0.4, -0.2) is 5.91 Å². The molecule has 0 saturated carbocycles. The Hall–Kier alpha value is -1.30. The maximum absolute atomic E-state index is 11.7. The molecule has 0 aliphatic heterocycles. The summed E-state index contributed by atoms with van der Waals surface area (Å²) in [7, 11) is 0. The molecule has 0 fully saturated rings. The Bertz CT molecular complexity index is 502. The third-order valence-electron chi connectivity index (χ3n) is 2.09. The molecule has 1 aromatic heterocycles. The molecule has 0 unspecified atom stereocenters. The molecule has 2 aromatic rings. The predicted octanol–water partition coefficient (Wildman–Crippen LogP) is 3.44. The van der Waals surface area contributed by atoms with Crippen LogP contribution in [0.25, 0.3) is 0 Å². The Labute approximate surface area is 107 Å². The summed E-state index contributed by atoms with van der Waals surface area (Å²) in [5, 5.41) is 2.80. The van der Waals surface area contributed by atoms with Gasteiger partial charge < -0.3 is 9.73 Å². The van der Waals surface area contributed by atoms with E-state index in [1.807, 2.05) is 31.2 Å². The molecule has 0 aliphatic rings. The van der Waals surface area contributed by atoms with Gasteiger partial charge in [0.15, 0.2) is 0 Å². The second-order valence-electron chi connectivity index (χ2n) is 3.41. The van der Waals surface area contributed by atoms with E-state index in [-0.39, 0.29) is 5.91 Å². The van der Waals surface area contributed by atoms with Crippen molar-refractivity contribution in [2.45, 2.75) is 6.92 Å². The molecule has 16 heavy (non-hydrogen) atoms. The lowest BCUT2D eigenvalue weighted by atomic mass is 10.2. The number of carbonyl (C=O) groups is 1. The van der Waals surface area contributed by atoms with Gasteiger partial charge in [0, 0.05) is 9.26 Å². The fourth-order valence-electron chi connectivity index (χ4n) is 1.30. The van der Waals surface area contributed by atoms with Gasteiger partial charge in [-0.15, -0.1) is 0 Å². The van der Waals surface area contributed by atoms with Gasteiger partial charge in [0.25, 0.3) is 5.91 Å². The van der Waals surface area contributed by atoms with Crippen molar-refractivity contribution >= 4 is 34.2 Å². The van der Waals surface area contributed by atoms with Crippen molar-refractivity contribution in [3.8, 4) is 0 Å². The summed E-state index contributed by atoms with van der Waals surface area (Å²) >= 11 is 2.22. The minimum absolute atomic E-state index is 0.155. The zero-order valence-electron chi connectivity index (χ0n) is 8.66. The number of aryl methyl sites for hydroxylation is 1. The third kappa shape index (κ3) is 2.63. The largest absolute Gasteiger partial charge is 0.469 e. The number of rotatable bonds is 2. The molecule has 82 valence electrons. The summed E-state index contributed by atoms with van der Waals surface area (Å²) in [6.07, 6.45) is 1.46. The van der Waals surface area contributed by atoms with Crippen LogP contribution in [0.1, 0.15) is 16.1 Å². The summed E-state index contributed by atoms with van der Waals surface area (Å²) in [6, 6.07) is 9.33. The molecular formula is C12H10INO2. The minimum Gasteiger partial charge on any atom is -0.469 e. The number of hydrogen-bond donors (Lipinski definition) is 1. The highest BCUT2D eigenvalue weighted by Crippen LogP contribution is 2.13. The lowest BCUT2D eigenvalue weighted by molar-refractivity contribution is 0.102. The normalized spacial score (nSPS) is 10.1. The van der Waals surface area contributed by atoms with Crippen LogP contribution >= 0.6 is 22.6 Å². The van der Waals surface area contributed by atoms with Gasteiger partial charge in [-0.1, -0.05) is 0 Å². The van der Waals surface area contributed by atoms with E-state index >= 15 is 0 Å². The quantitative estimate of drug-likeness (QED) is 0.859. The molecule has 0 atom stereocenters. The van der Waals surface area contributed by atoms with Crippen LogP contribution in [0.2, 0.25) is 0 Å². The molecular weight excluding hydrogens is 317 g/mol. The van der Waals surface area contributed by atoms with Crippen molar-refractivity contribution in [1.29, 1.82) is 0 Å². The van der Waals surface area contributed by atoms with E-state index in [4.69, 9.17) is 4.42 Å². The third-order valence-corrected chi connectivity index (χ3v) is 2.81. The second kappa shape index (κ2) is 4.69. The van der Waals surface area contributed by atoms with Gasteiger partial charge in [-0.05, 0) is 59.8 Å². The number of amides is 1. The predicted molar refractivity (Wildman–Crippen MR) is 70.6 cm³/mol. The average molecular weight is 327 g/mol. The van der Waals surface area contributed by atoms with Crippen molar-refractivity contribution in [1.82, 2.24) is 0 Å². The lowest BCUT2D eigenvalue weighted by Gasteiger charge is -2.02. The molecule has 1 aromatic carbocycles. The zero-order chi connectivity index (χ0) is 11.5. The highest BCUT2D eigenvalue weighted by molar-refractivity contribution is 14.1. The van der Waals surface area contributed by atoms with Crippen LogP contribution < -0.4 is 5.32 Å². The molecule has 0 bridgehead atoms. The Morgan fingerprint density at radius 2 is 2.00 bits per heavy atom. The first-order valence-electron chi connectivity index (χ1n) is 4.77. The van der Waals surface area contributed by atoms with E-state index in [1.54, 1.807) is 6.07 Å². The standard InChI is InChI=1S/C12H10INO2/c1-8-6-9(7-16-8)12(15)14-11-4-2-10(13)3-5-11/h2-7H,1H3,(H,14,15). The number of anilines is 1. The Balaban J connectivity index is 2.10. The number of halogens is 1. The highest BCUT2D eigenvalue weighted by Gasteiger charge is 2.08. The summed E-state index contributed by atoms with van der Waals surface area (Å²) < 4.78 is 6.21. The van der Waals surface area contributed by atoms with Crippen LogP contribution in [-0.2, 0) is 0 Å². The first kappa shape index (κ1) is 11.2. The van der Waals surface area contributed by atoms with Crippen molar-refractivity contribution < 1.29 is 9.21 Å². The Kier molecular flexibility index (Phi) is 3.28. The molecule has 0 aliphatic carbocycles. The fraction of sp³-hybridized carbons (Fsp3) is 0.0833. The highest BCUT2D eigenvalue weighted by atomic mass is 127. The van der Waals surface area contributed by atoms with Crippen molar-refractivity contribution in [3.63, 3.8) is 0 Å².